The van der Waals surface area contributed by atoms with Gasteiger partial charge in [-0.15, -0.1) is 0 Å². The quantitative estimate of drug-likeness (QED) is 0.900. The third kappa shape index (κ3) is 4.43. The summed E-state index contributed by atoms with van der Waals surface area (Å²) < 4.78 is 5.69. The summed E-state index contributed by atoms with van der Waals surface area (Å²) in [6.45, 7) is 8.35. The first-order chi connectivity index (χ1) is 10.5. The molecule has 0 fully saturated rings. The molecule has 2 aromatic rings. The fourth-order valence-corrected chi connectivity index (χ4v) is 2.18. The van der Waals surface area contributed by atoms with Crippen molar-refractivity contribution in [2.24, 2.45) is 0 Å². The minimum absolute atomic E-state index is 0.131. The Morgan fingerprint density at radius 2 is 1.68 bits per heavy atom. The van der Waals surface area contributed by atoms with Gasteiger partial charge >= 0.3 is 0 Å². The summed E-state index contributed by atoms with van der Waals surface area (Å²) in [5, 5.41) is 2.86. The van der Waals surface area contributed by atoms with Crippen LogP contribution in [0.4, 0.5) is 5.69 Å². The number of anilines is 1. The third-order valence-electron chi connectivity index (χ3n) is 3.68. The van der Waals surface area contributed by atoms with Crippen molar-refractivity contribution >= 4 is 11.6 Å². The molecule has 0 spiro atoms. The van der Waals surface area contributed by atoms with E-state index in [0.717, 1.165) is 16.8 Å². The molecule has 0 bridgehead atoms. The number of carbonyl (C=O) groups excluding carboxylic acids is 1. The first-order valence-corrected chi connectivity index (χ1v) is 7.51. The van der Waals surface area contributed by atoms with Crippen molar-refractivity contribution in [2.75, 3.05) is 5.32 Å². The Bertz CT molecular complexity index is 647. The molecule has 22 heavy (non-hydrogen) atoms. The molecular formula is C19H23NO2. The highest BCUT2D eigenvalue weighted by atomic mass is 16.5. The molecule has 2 aromatic carbocycles. The van der Waals surface area contributed by atoms with Crippen LogP contribution in [0.3, 0.4) is 0 Å². The molecular weight excluding hydrogens is 274 g/mol. The van der Waals surface area contributed by atoms with Crippen LogP contribution in [0.2, 0.25) is 0 Å². The van der Waals surface area contributed by atoms with Gasteiger partial charge in [0.25, 0.3) is 5.91 Å². The summed E-state index contributed by atoms with van der Waals surface area (Å²) in [7, 11) is 0. The van der Waals surface area contributed by atoms with Crippen molar-refractivity contribution in [3.8, 4) is 0 Å². The van der Waals surface area contributed by atoms with Gasteiger partial charge in [0.05, 0.1) is 6.61 Å². The minimum atomic E-state index is -0.498. The number of hydrogen-bond donors (Lipinski definition) is 1. The second-order valence-corrected chi connectivity index (χ2v) is 5.74. The van der Waals surface area contributed by atoms with Crippen molar-refractivity contribution in [1.29, 1.82) is 0 Å². The minimum Gasteiger partial charge on any atom is -0.364 e. The largest absolute Gasteiger partial charge is 0.364 e. The summed E-state index contributed by atoms with van der Waals surface area (Å²) in [4.78, 5) is 12.1. The number of hydrogen-bond acceptors (Lipinski definition) is 2. The van der Waals surface area contributed by atoms with Crippen LogP contribution in [0.15, 0.2) is 42.5 Å². The Kier molecular flexibility index (Phi) is 5.34. The van der Waals surface area contributed by atoms with E-state index in [-0.39, 0.29) is 5.91 Å². The molecule has 0 aromatic heterocycles. The predicted octanol–water partition coefficient (Wildman–Crippen LogP) is 4.16. The second-order valence-electron chi connectivity index (χ2n) is 5.74. The lowest BCUT2D eigenvalue weighted by Gasteiger charge is -2.15. The van der Waals surface area contributed by atoms with E-state index < -0.39 is 6.10 Å². The predicted molar refractivity (Wildman–Crippen MR) is 90.0 cm³/mol. The number of ether oxygens (including phenoxy) is 1. The van der Waals surface area contributed by atoms with E-state index in [2.05, 4.69) is 37.4 Å². The van der Waals surface area contributed by atoms with Crippen LogP contribution in [0.5, 0.6) is 0 Å². The Morgan fingerprint density at radius 1 is 1.05 bits per heavy atom. The SMILES string of the molecule is Cc1ccc(NC(=O)C(C)OCc2ccc(C)cc2C)cc1. The van der Waals surface area contributed by atoms with Crippen LogP contribution in [0.25, 0.3) is 0 Å². The van der Waals surface area contributed by atoms with Crippen LogP contribution < -0.4 is 5.32 Å². The number of benzene rings is 2. The number of carbonyl (C=O) groups is 1. The van der Waals surface area contributed by atoms with E-state index in [4.69, 9.17) is 4.74 Å². The maximum atomic E-state index is 12.1. The van der Waals surface area contributed by atoms with Crippen LogP contribution in [-0.2, 0) is 16.1 Å². The summed E-state index contributed by atoms with van der Waals surface area (Å²) in [6, 6.07) is 14.0. The van der Waals surface area contributed by atoms with Gasteiger partial charge in [0, 0.05) is 5.69 Å². The van der Waals surface area contributed by atoms with E-state index in [0.29, 0.717) is 6.61 Å². The number of rotatable bonds is 5. The van der Waals surface area contributed by atoms with Gasteiger partial charge in [-0.25, -0.2) is 0 Å². The molecule has 3 heteroatoms. The molecule has 1 amide bonds. The maximum absolute atomic E-state index is 12.1. The Hall–Kier alpha value is -2.13. The monoisotopic (exact) mass is 297 g/mol. The van der Waals surface area contributed by atoms with Crippen molar-refractivity contribution in [2.45, 2.75) is 40.4 Å². The van der Waals surface area contributed by atoms with Crippen molar-refractivity contribution in [3.05, 3.63) is 64.7 Å². The molecule has 1 N–H and O–H groups in total. The van der Waals surface area contributed by atoms with Gasteiger partial charge in [0.15, 0.2) is 0 Å². The number of aryl methyl sites for hydroxylation is 3. The van der Waals surface area contributed by atoms with Gasteiger partial charge in [-0.1, -0.05) is 41.5 Å². The molecule has 116 valence electrons. The highest BCUT2D eigenvalue weighted by molar-refractivity contribution is 5.93. The lowest BCUT2D eigenvalue weighted by Crippen LogP contribution is -2.27. The summed E-state index contributed by atoms with van der Waals surface area (Å²) in [5.74, 6) is -0.131. The Labute approximate surface area is 132 Å². The van der Waals surface area contributed by atoms with Gasteiger partial charge in [-0.3, -0.25) is 4.79 Å². The average Bonchev–Trinajstić information content (AvgIpc) is 2.48. The fourth-order valence-electron chi connectivity index (χ4n) is 2.18. The first-order valence-electron chi connectivity index (χ1n) is 7.51. The van der Waals surface area contributed by atoms with Crippen molar-refractivity contribution < 1.29 is 9.53 Å². The van der Waals surface area contributed by atoms with Gasteiger partial charge in [-0.05, 0) is 51.0 Å². The molecule has 0 saturated heterocycles. The van der Waals surface area contributed by atoms with Gasteiger partial charge in [0.2, 0.25) is 0 Å². The van der Waals surface area contributed by atoms with Gasteiger partial charge < -0.3 is 10.1 Å². The standard InChI is InChI=1S/C19H23NO2/c1-13-6-9-18(10-7-13)20-19(21)16(4)22-12-17-8-5-14(2)11-15(17)3/h5-11,16H,12H2,1-4H3,(H,20,21). The molecule has 0 aliphatic carbocycles. The number of amides is 1. The average molecular weight is 297 g/mol. The smallest absolute Gasteiger partial charge is 0.253 e. The molecule has 2 rings (SSSR count). The summed E-state index contributed by atoms with van der Waals surface area (Å²) in [5.41, 5.74) is 5.48. The Balaban J connectivity index is 1.89. The van der Waals surface area contributed by atoms with Crippen molar-refractivity contribution in [1.82, 2.24) is 0 Å². The lowest BCUT2D eigenvalue weighted by atomic mass is 10.1. The third-order valence-corrected chi connectivity index (χ3v) is 3.68. The molecule has 3 nitrogen and oxygen atoms in total. The molecule has 1 atom stereocenters. The highest BCUT2D eigenvalue weighted by Gasteiger charge is 2.14. The molecule has 0 aliphatic rings. The molecule has 0 aliphatic heterocycles. The first kappa shape index (κ1) is 16.2. The maximum Gasteiger partial charge on any atom is 0.253 e. The zero-order valence-corrected chi connectivity index (χ0v) is 13.6. The second kappa shape index (κ2) is 7.23. The number of nitrogens with one attached hydrogen (secondary N) is 1. The normalized spacial score (nSPS) is 12.0. The summed E-state index contributed by atoms with van der Waals surface area (Å²) in [6.07, 6.45) is -0.498. The van der Waals surface area contributed by atoms with E-state index >= 15 is 0 Å². The van der Waals surface area contributed by atoms with Crippen LogP contribution in [0.1, 0.15) is 29.2 Å². The molecule has 0 saturated carbocycles. The van der Waals surface area contributed by atoms with E-state index in [9.17, 15) is 4.79 Å². The zero-order valence-electron chi connectivity index (χ0n) is 13.6. The van der Waals surface area contributed by atoms with Crippen LogP contribution in [-0.4, -0.2) is 12.0 Å². The molecule has 0 radical (unpaired) electrons. The Morgan fingerprint density at radius 3 is 2.32 bits per heavy atom. The lowest BCUT2D eigenvalue weighted by molar-refractivity contribution is -0.127. The van der Waals surface area contributed by atoms with Gasteiger partial charge in [0.1, 0.15) is 6.10 Å². The van der Waals surface area contributed by atoms with Crippen LogP contribution >= 0.6 is 0 Å². The topological polar surface area (TPSA) is 38.3 Å². The van der Waals surface area contributed by atoms with E-state index in [1.165, 1.54) is 11.1 Å². The zero-order chi connectivity index (χ0) is 16.1. The highest BCUT2D eigenvalue weighted by Crippen LogP contribution is 2.14. The van der Waals surface area contributed by atoms with E-state index in [1.54, 1.807) is 6.92 Å². The van der Waals surface area contributed by atoms with E-state index in [1.807, 2.05) is 31.2 Å². The fraction of sp³-hybridized carbons (Fsp3) is 0.316. The van der Waals surface area contributed by atoms with Crippen LogP contribution in [0, 0.1) is 20.8 Å². The van der Waals surface area contributed by atoms with Gasteiger partial charge in [-0.2, -0.15) is 0 Å². The molecule has 1 unspecified atom stereocenters. The summed E-state index contributed by atoms with van der Waals surface area (Å²) >= 11 is 0. The molecule has 0 heterocycles. The van der Waals surface area contributed by atoms with Crippen molar-refractivity contribution in [3.63, 3.8) is 0 Å².